The minimum Gasteiger partial charge on any atom is -0.482 e. The van der Waals surface area contributed by atoms with Gasteiger partial charge in [-0.2, -0.15) is 0 Å². The van der Waals surface area contributed by atoms with Gasteiger partial charge >= 0.3 is 6.03 Å². The zero-order valence-electron chi connectivity index (χ0n) is 13.8. The zero-order chi connectivity index (χ0) is 17.8. The van der Waals surface area contributed by atoms with E-state index in [0.29, 0.717) is 23.0 Å². The number of rotatable bonds is 4. The first-order valence-electron chi connectivity index (χ1n) is 7.69. The van der Waals surface area contributed by atoms with Crippen LogP contribution in [0.15, 0.2) is 36.5 Å². The highest BCUT2D eigenvalue weighted by molar-refractivity contribution is 5.95. The highest BCUT2D eigenvalue weighted by Crippen LogP contribution is 2.30. The molecule has 0 fully saturated rings. The van der Waals surface area contributed by atoms with Crippen LogP contribution in [0.2, 0.25) is 0 Å². The molecule has 2 heterocycles. The van der Waals surface area contributed by atoms with Gasteiger partial charge in [-0.15, -0.1) is 0 Å². The molecule has 0 radical (unpaired) electrons. The van der Waals surface area contributed by atoms with Crippen molar-refractivity contribution in [2.24, 2.45) is 0 Å². The molecule has 8 heteroatoms. The van der Waals surface area contributed by atoms with Gasteiger partial charge in [-0.3, -0.25) is 4.79 Å². The molecule has 0 saturated heterocycles. The number of hydrogen-bond acceptors (Lipinski definition) is 5. The minimum absolute atomic E-state index is 0.0124. The summed E-state index contributed by atoms with van der Waals surface area (Å²) in [7, 11) is 1.52. The number of hydrogen-bond donors (Lipinski definition) is 3. The number of anilines is 2. The van der Waals surface area contributed by atoms with Crippen LogP contribution < -0.4 is 25.4 Å². The maximum Gasteiger partial charge on any atom is 0.319 e. The van der Waals surface area contributed by atoms with Gasteiger partial charge in [0.2, 0.25) is 5.88 Å². The van der Waals surface area contributed by atoms with Gasteiger partial charge in [-0.25, -0.2) is 9.78 Å². The smallest absolute Gasteiger partial charge is 0.319 e. The highest BCUT2D eigenvalue weighted by Gasteiger charge is 2.18. The first kappa shape index (κ1) is 16.6. The van der Waals surface area contributed by atoms with Crippen LogP contribution >= 0.6 is 0 Å². The number of aromatic nitrogens is 1. The van der Waals surface area contributed by atoms with Crippen molar-refractivity contribution in [2.75, 3.05) is 24.4 Å². The zero-order valence-corrected chi connectivity index (χ0v) is 13.8. The van der Waals surface area contributed by atoms with E-state index in [2.05, 4.69) is 20.9 Å². The summed E-state index contributed by atoms with van der Waals surface area (Å²) in [6.07, 6.45) is 1.51. The Bertz CT molecular complexity index is 792. The van der Waals surface area contributed by atoms with Crippen LogP contribution in [0.25, 0.3) is 0 Å². The van der Waals surface area contributed by atoms with E-state index in [1.54, 1.807) is 24.3 Å². The van der Waals surface area contributed by atoms with Crippen molar-refractivity contribution in [2.45, 2.75) is 13.0 Å². The lowest BCUT2D eigenvalue weighted by Gasteiger charge is -2.21. The molecule has 1 atom stereocenters. The average molecular weight is 342 g/mol. The van der Waals surface area contributed by atoms with E-state index in [4.69, 9.17) is 9.47 Å². The minimum atomic E-state index is -0.363. The van der Waals surface area contributed by atoms with Crippen molar-refractivity contribution in [1.82, 2.24) is 10.3 Å². The fraction of sp³-hybridized carbons (Fsp3) is 0.235. The fourth-order valence-corrected chi connectivity index (χ4v) is 2.39. The summed E-state index contributed by atoms with van der Waals surface area (Å²) in [5.41, 5.74) is 1.99. The molecule has 3 rings (SSSR count). The standard InChI is InChI=1S/C17H18N4O4/c1-10(11-3-5-14-13(7-11)21-15(22)9-25-14)19-17(23)20-12-4-6-16(24-2)18-8-12/h3-8,10H,9H2,1-2H3,(H,21,22)(H2,19,20,23)/t10-/m1/s1. The molecule has 1 aliphatic rings. The number of nitrogens with one attached hydrogen (secondary N) is 3. The molecular formula is C17H18N4O4. The Morgan fingerprint density at radius 1 is 1.36 bits per heavy atom. The van der Waals surface area contributed by atoms with Crippen LogP contribution in [-0.4, -0.2) is 30.6 Å². The van der Waals surface area contributed by atoms with Crippen LogP contribution in [0.1, 0.15) is 18.5 Å². The van der Waals surface area contributed by atoms with Crippen LogP contribution in [0.3, 0.4) is 0 Å². The molecule has 2 aromatic rings. The predicted octanol–water partition coefficient (Wildman–Crippen LogP) is 2.30. The van der Waals surface area contributed by atoms with Gasteiger partial charge in [0, 0.05) is 6.07 Å². The molecule has 1 aromatic heterocycles. The van der Waals surface area contributed by atoms with Gasteiger partial charge in [0.05, 0.1) is 30.7 Å². The van der Waals surface area contributed by atoms with E-state index in [1.165, 1.54) is 13.3 Å². The van der Waals surface area contributed by atoms with Gasteiger partial charge in [-0.1, -0.05) is 6.07 Å². The Morgan fingerprint density at radius 3 is 2.92 bits per heavy atom. The van der Waals surface area contributed by atoms with Gasteiger partial charge in [-0.05, 0) is 30.7 Å². The second kappa shape index (κ2) is 7.08. The number of amides is 3. The number of benzene rings is 1. The molecule has 3 amide bonds. The Kier molecular flexibility index (Phi) is 4.69. The molecule has 130 valence electrons. The second-order valence-electron chi connectivity index (χ2n) is 5.50. The van der Waals surface area contributed by atoms with Crippen molar-refractivity contribution < 1.29 is 19.1 Å². The molecule has 0 saturated carbocycles. The lowest BCUT2D eigenvalue weighted by Crippen LogP contribution is -2.31. The van der Waals surface area contributed by atoms with Crippen LogP contribution in [0.5, 0.6) is 11.6 Å². The van der Waals surface area contributed by atoms with E-state index in [1.807, 2.05) is 13.0 Å². The first-order chi connectivity index (χ1) is 12.0. The van der Waals surface area contributed by atoms with E-state index >= 15 is 0 Å². The van der Waals surface area contributed by atoms with Crippen molar-refractivity contribution in [3.05, 3.63) is 42.1 Å². The molecule has 0 unspecified atom stereocenters. The molecule has 1 aliphatic heterocycles. The number of nitrogens with zero attached hydrogens (tertiary/aromatic N) is 1. The number of carbonyl (C=O) groups excluding carboxylic acids is 2. The van der Waals surface area contributed by atoms with Crippen LogP contribution in [0.4, 0.5) is 16.2 Å². The Morgan fingerprint density at radius 2 is 2.20 bits per heavy atom. The summed E-state index contributed by atoms with van der Waals surface area (Å²) in [6.45, 7) is 1.86. The molecule has 1 aromatic carbocycles. The number of fused-ring (bicyclic) bond motifs is 1. The van der Waals surface area contributed by atoms with Gasteiger partial charge < -0.3 is 25.4 Å². The van der Waals surface area contributed by atoms with Gasteiger partial charge in [0.15, 0.2) is 6.61 Å². The third-order valence-electron chi connectivity index (χ3n) is 3.69. The summed E-state index contributed by atoms with van der Waals surface area (Å²) in [5.74, 6) is 0.886. The summed E-state index contributed by atoms with van der Waals surface area (Å²) >= 11 is 0. The second-order valence-corrected chi connectivity index (χ2v) is 5.50. The average Bonchev–Trinajstić information content (AvgIpc) is 2.61. The monoisotopic (exact) mass is 342 g/mol. The number of urea groups is 1. The third-order valence-corrected chi connectivity index (χ3v) is 3.69. The fourth-order valence-electron chi connectivity index (χ4n) is 2.39. The van der Waals surface area contributed by atoms with E-state index in [9.17, 15) is 9.59 Å². The van der Waals surface area contributed by atoms with Gasteiger partial charge in [0.1, 0.15) is 5.75 Å². The van der Waals surface area contributed by atoms with Gasteiger partial charge in [0.25, 0.3) is 5.91 Å². The quantitative estimate of drug-likeness (QED) is 0.791. The normalized spacial score (nSPS) is 13.8. The summed E-state index contributed by atoms with van der Waals surface area (Å²) in [4.78, 5) is 27.5. The van der Waals surface area contributed by atoms with Crippen molar-refractivity contribution in [1.29, 1.82) is 0 Å². The number of ether oxygens (including phenoxy) is 2. The Labute approximate surface area is 144 Å². The first-order valence-corrected chi connectivity index (χ1v) is 7.69. The summed E-state index contributed by atoms with van der Waals surface area (Å²) in [5, 5.41) is 8.28. The molecule has 25 heavy (non-hydrogen) atoms. The molecule has 0 spiro atoms. The Balaban J connectivity index is 1.63. The molecular weight excluding hydrogens is 324 g/mol. The van der Waals surface area contributed by atoms with E-state index in [-0.39, 0.29) is 24.6 Å². The third kappa shape index (κ3) is 3.97. The maximum absolute atomic E-state index is 12.1. The molecule has 3 N–H and O–H groups in total. The number of carbonyl (C=O) groups is 2. The molecule has 0 aliphatic carbocycles. The SMILES string of the molecule is COc1ccc(NC(=O)N[C@H](C)c2ccc3c(c2)NC(=O)CO3)cn1. The van der Waals surface area contributed by atoms with E-state index < -0.39 is 0 Å². The number of methoxy groups -OCH3 is 1. The summed E-state index contributed by atoms with van der Waals surface area (Å²) < 4.78 is 10.3. The Hall–Kier alpha value is -3.29. The summed E-state index contributed by atoms with van der Waals surface area (Å²) in [6, 6.07) is 8.12. The van der Waals surface area contributed by atoms with E-state index in [0.717, 1.165) is 5.56 Å². The van der Waals surface area contributed by atoms with Crippen LogP contribution in [-0.2, 0) is 4.79 Å². The lowest BCUT2D eigenvalue weighted by molar-refractivity contribution is -0.118. The highest BCUT2D eigenvalue weighted by atomic mass is 16.5. The maximum atomic E-state index is 12.1. The molecule has 8 nitrogen and oxygen atoms in total. The lowest BCUT2D eigenvalue weighted by atomic mass is 10.1. The topological polar surface area (TPSA) is 102 Å². The van der Waals surface area contributed by atoms with Crippen LogP contribution in [0, 0.1) is 0 Å². The van der Waals surface area contributed by atoms with Crippen molar-refractivity contribution in [3.8, 4) is 11.6 Å². The molecule has 0 bridgehead atoms. The van der Waals surface area contributed by atoms with Crippen molar-refractivity contribution in [3.63, 3.8) is 0 Å². The predicted molar refractivity (Wildman–Crippen MR) is 91.9 cm³/mol. The number of pyridine rings is 1. The largest absolute Gasteiger partial charge is 0.482 e. The van der Waals surface area contributed by atoms with Crippen molar-refractivity contribution >= 4 is 23.3 Å².